The number of hydrogen-bond donors (Lipinski definition) is 1. The number of unbranched alkanes of at least 4 members (excludes halogenated alkanes) is 1. The van der Waals surface area contributed by atoms with E-state index in [1.54, 1.807) is 0 Å². The van der Waals surface area contributed by atoms with Gasteiger partial charge in [0.2, 0.25) is 0 Å². The van der Waals surface area contributed by atoms with Gasteiger partial charge in [-0.2, -0.15) is 0 Å². The highest BCUT2D eigenvalue weighted by atomic mass is 79.9. The van der Waals surface area contributed by atoms with Crippen molar-refractivity contribution in [2.24, 2.45) is 0 Å². The monoisotopic (exact) mass is 333 g/mol. The van der Waals surface area contributed by atoms with Crippen molar-refractivity contribution in [2.45, 2.75) is 32.7 Å². The molecule has 0 aliphatic rings. The summed E-state index contributed by atoms with van der Waals surface area (Å²) in [5.74, 6) is 0. The number of ether oxygens (including phenoxy) is 1. The van der Waals surface area contributed by atoms with Gasteiger partial charge in [0.05, 0.1) is 6.61 Å². The number of hydrogen-bond acceptors (Lipinski definition) is 2. The lowest BCUT2D eigenvalue weighted by atomic mass is 10.1. The highest BCUT2D eigenvalue weighted by Crippen LogP contribution is 2.26. The van der Waals surface area contributed by atoms with Gasteiger partial charge in [-0.25, -0.2) is 0 Å². The zero-order valence-electron chi connectivity index (χ0n) is 11.0. The molecule has 4 heteroatoms. The van der Waals surface area contributed by atoms with E-state index in [1.807, 2.05) is 18.2 Å². The second-order valence-electron chi connectivity index (χ2n) is 4.31. The number of halogens is 2. The second-order valence-corrected chi connectivity index (χ2v) is 5.63. The standard InChI is InChI=1S/C14H21BrClNO/c1-3-4-8-18-9-7-17-11(2)13-6-5-12(15)10-14(13)16/h5-6,10-11,17H,3-4,7-9H2,1-2H3. The molecule has 0 amide bonds. The zero-order chi connectivity index (χ0) is 13.4. The molecule has 0 radical (unpaired) electrons. The zero-order valence-corrected chi connectivity index (χ0v) is 13.4. The molecule has 0 aliphatic carbocycles. The average molecular weight is 335 g/mol. The Bertz CT molecular complexity index is 360. The van der Waals surface area contributed by atoms with Gasteiger partial charge in [0.15, 0.2) is 0 Å². The van der Waals surface area contributed by atoms with Crippen molar-refractivity contribution >= 4 is 27.5 Å². The molecule has 2 nitrogen and oxygen atoms in total. The Labute approximate surface area is 123 Å². The van der Waals surface area contributed by atoms with Crippen molar-refractivity contribution in [3.05, 3.63) is 33.3 Å². The van der Waals surface area contributed by atoms with Crippen LogP contribution in [0.5, 0.6) is 0 Å². The summed E-state index contributed by atoms with van der Waals surface area (Å²) in [5.41, 5.74) is 1.12. The van der Waals surface area contributed by atoms with Crippen LogP contribution in [0.2, 0.25) is 5.02 Å². The third kappa shape index (κ3) is 5.70. The molecule has 1 aromatic rings. The lowest BCUT2D eigenvalue weighted by Crippen LogP contribution is -2.23. The van der Waals surface area contributed by atoms with E-state index < -0.39 is 0 Å². The van der Waals surface area contributed by atoms with Gasteiger partial charge in [-0.3, -0.25) is 0 Å². The molecule has 102 valence electrons. The molecule has 0 aromatic heterocycles. The molecule has 0 aliphatic heterocycles. The first-order valence-electron chi connectivity index (χ1n) is 6.41. The Kier molecular flexibility index (Phi) is 7.91. The molecule has 1 unspecified atom stereocenters. The minimum atomic E-state index is 0.236. The summed E-state index contributed by atoms with van der Waals surface area (Å²) >= 11 is 9.61. The molecule has 0 spiro atoms. The third-order valence-electron chi connectivity index (χ3n) is 2.77. The third-order valence-corrected chi connectivity index (χ3v) is 3.59. The smallest absolute Gasteiger partial charge is 0.0591 e. The van der Waals surface area contributed by atoms with Crippen LogP contribution in [0.4, 0.5) is 0 Å². The van der Waals surface area contributed by atoms with E-state index in [-0.39, 0.29) is 6.04 Å². The summed E-state index contributed by atoms with van der Waals surface area (Å²) in [6.45, 7) is 6.72. The van der Waals surface area contributed by atoms with Gasteiger partial charge in [-0.1, -0.05) is 46.9 Å². The van der Waals surface area contributed by atoms with E-state index >= 15 is 0 Å². The minimum absolute atomic E-state index is 0.236. The molecule has 1 aromatic carbocycles. The van der Waals surface area contributed by atoms with E-state index in [1.165, 1.54) is 6.42 Å². The summed E-state index contributed by atoms with van der Waals surface area (Å²) in [7, 11) is 0. The molecular weight excluding hydrogens is 314 g/mol. The lowest BCUT2D eigenvalue weighted by Gasteiger charge is -2.16. The van der Waals surface area contributed by atoms with Crippen LogP contribution < -0.4 is 5.32 Å². The second kappa shape index (κ2) is 8.92. The van der Waals surface area contributed by atoms with Crippen LogP contribution in [0.1, 0.15) is 38.3 Å². The SMILES string of the molecule is CCCCOCCNC(C)c1ccc(Br)cc1Cl. The topological polar surface area (TPSA) is 21.3 Å². The van der Waals surface area contributed by atoms with Gasteiger partial charge in [-0.05, 0) is 31.0 Å². The predicted molar refractivity (Wildman–Crippen MR) is 81.3 cm³/mol. The van der Waals surface area contributed by atoms with Gasteiger partial charge in [0, 0.05) is 28.7 Å². The number of benzene rings is 1. The fraction of sp³-hybridized carbons (Fsp3) is 0.571. The van der Waals surface area contributed by atoms with Gasteiger partial charge < -0.3 is 10.1 Å². The minimum Gasteiger partial charge on any atom is -0.380 e. The molecule has 18 heavy (non-hydrogen) atoms. The van der Waals surface area contributed by atoms with Crippen LogP contribution in [0.25, 0.3) is 0 Å². The largest absolute Gasteiger partial charge is 0.380 e. The average Bonchev–Trinajstić information content (AvgIpc) is 2.33. The maximum absolute atomic E-state index is 6.20. The summed E-state index contributed by atoms with van der Waals surface area (Å²) < 4.78 is 6.51. The van der Waals surface area contributed by atoms with Crippen LogP contribution in [0.3, 0.4) is 0 Å². The fourth-order valence-corrected chi connectivity index (χ4v) is 2.50. The van der Waals surface area contributed by atoms with Crippen LogP contribution in [-0.4, -0.2) is 19.8 Å². The summed E-state index contributed by atoms with van der Waals surface area (Å²) in [6, 6.07) is 6.21. The Hall–Kier alpha value is -0.0900. The van der Waals surface area contributed by atoms with Crippen LogP contribution in [0.15, 0.2) is 22.7 Å². The van der Waals surface area contributed by atoms with Crippen molar-refractivity contribution in [3.8, 4) is 0 Å². The van der Waals surface area contributed by atoms with E-state index in [4.69, 9.17) is 16.3 Å². The summed E-state index contributed by atoms with van der Waals surface area (Å²) in [5, 5.41) is 4.20. The molecule has 1 N–H and O–H groups in total. The van der Waals surface area contributed by atoms with Gasteiger partial charge in [-0.15, -0.1) is 0 Å². The van der Waals surface area contributed by atoms with Crippen LogP contribution in [0, 0.1) is 0 Å². The Balaban J connectivity index is 2.29. The number of nitrogens with one attached hydrogen (secondary N) is 1. The van der Waals surface area contributed by atoms with E-state index in [0.717, 1.165) is 41.2 Å². The first kappa shape index (κ1) is 16.0. The van der Waals surface area contributed by atoms with Crippen LogP contribution in [-0.2, 0) is 4.74 Å². The first-order chi connectivity index (χ1) is 8.65. The Morgan fingerprint density at radius 1 is 1.39 bits per heavy atom. The highest BCUT2D eigenvalue weighted by Gasteiger charge is 2.08. The molecule has 1 atom stereocenters. The van der Waals surface area contributed by atoms with Gasteiger partial charge in [0.1, 0.15) is 0 Å². The van der Waals surface area contributed by atoms with E-state index in [2.05, 4.69) is 35.1 Å². The molecule has 0 fully saturated rings. The predicted octanol–water partition coefficient (Wildman–Crippen LogP) is 4.57. The fourth-order valence-electron chi connectivity index (χ4n) is 1.66. The number of rotatable bonds is 8. The molecule has 1 rings (SSSR count). The molecule has 0 bridgehead atoms. The summed E-state index contributed by atoms with van der Waals surface area (Å²) in [6.07, 6.45) is 2.31. The molecular formula is C14H21BrClNO. The van der Waals surface area contributed by atoms with Gasteiger partial charge >= 0.3 is 0 Å². The normalized spacial score (nSPS) is 12.7. The molecule has 0 saturated carbocycles. The van der Waals surface area contributed by atoms with Gasteiger partial charge in [0.25, 0.3) is 0 Å². The quantitative estimate of drug-likeness (QED) is 0.703. The lowest BCUT2D eigenvalue weighted by molar-refractivity contribution is 0.131. The van der Waals surface area contributed by atoms with Crippen molar-refractivity contribution in [1.29, 1.82) is 0 Å². The Morgan fingerprint density at radius 2 is 2.17 bits per heavy atom. The van der Waals surface area contributed by atoms with E-state index in [0.29, 0.717) is 0 Å². The molecule has 0 saturated heterocycles. The maximum Gasteiger partial charge on any atom is 0.0591 e. The highest BCUT2D eigenvalue weighted by molar-refractivity contribution is 9.10. The van der Waals surface area contributed by atoms with Crippen molar-refractivity contribution < 1.29 is 4.74 Å². The molecule has 0 heterocycles. The van der Waals surface area contributed by atoms with Crippen molar-refractivity contribution in [3.63, 3.8) is 0 Å². The van der Waals surface area contributed by atoms with E-state index in [9.17, 15) is 0 Å². The van der Waals surface area contributed by atoms with Crippen molar-refractivity contribution in [2.75, 3.05) is 19.8 Å². The summed E-state index contributed by atoms with van der Waals surface area (Å²) in [4.78, 5) is 0. The van der Waals surface area contributed by atoms with Crippen LogP contribution >= 0.6 is 27.5 Å². The Morgan fingerprint density at radius 3 is 2.83 bits per heavy atom. The first-order valence-corrected chi connectivity index (χ1v) is 7.58. The van der Waals surface area contributed by atoms with Crippen molar-refractivity contribution in [1.82, 2.24) is 5.32 Å². The maximum atomic E-state index is 6.20.